The van der Waals surface area contributed by atoms with E-state index >= 15 is 0 Å². The zero-order chi connectivity index (χ0) is 19.7. The number of carboxylic acids is 1. The second kappa shape index (κ2) is 10.4. The minimum Gasteiger partial charge on any atom is -0.480 e. The van der Waals surface area contributed by atoms with Crippen molar-refractivity contribution in [3.05, 3.63) is 18.2 Å². The van der Waals surface area contributed by atoms with Gasteiger partial charge in [-0.25, -0.2) is 4.98 Å². The molecule has 0 aromatic carbocycles. The molecule has 144 valence electrons. The lowest BCUT2D eigenvalue weighted by Crippen LogP contribution is -2.54. The second-order valence-electron chi connectivity index (χ2n) is 5.48. The fourth-order valence-electron chi connectivity index (χ4n) is 1.83. The predicted molar refractivity (Wildman–Crippen MR) is 94.3 cm³/mol. The second-order valence-corrected chi connectivity index (χ2v) is 5.84. The molecular formula is C14H22N6O5S. The van der Waals surface area contributed by atoms with Crippen LogP contribution in [-0.4, -0.2) is 69.2 Å². The first-order chi connectivity index (χ1) is 12.2. The number of hydrogen-bond acceptors (Lipinski definition) is 7. The van der Waals surface area contributed by atoms with E-state index < -0.39 is 41.8 Å². The Hall–Kier alpha value is -2.60. The number of H-pyrrole nitrogens is 1. The normalized spacial score (nSPS) is 14.0. The molecule has 3 atom stereocenters. The summed E-state index contributed by atoms with van der Waals surface area (Å²) in [5.74, 6) is -2.96. The molecule has 0 radical (unpaired) electrons. The third kappa shape index (κ3) is 7.11. The maximum Gasteiger partial charge on any atom is 0.325 e. The number of thiol groups is 1. The van der Waals surface area contributed by atoms with Crippen LogP contribution in [0.15, 0.2) is 12.5 Å². The lowest BCUT2D eigenvalue weighted by molar-refractivity contribution is -0.141. The number of aromatic nitrogens is 2. The number of amides is 3. The summed E-state index contributed by atoms with van der Waals surface area (Å²) in [6.45, 7) is 0.913. The van der Waals surface area contributed by atoms with Crippen molar-refractivity contribution in [3.8, 4) is 0 Å². The van der Waals surface area contributed by atoms with Gasteiger partial charge in [-0.1, -0.05) is 0 Å². The van der Waals surface area contributed by atoms with Crippen molar-refractivity contribution in [2.24, 2.45) is 5.73 Å². The molecule has 1 aromatic rings. The average Bonchev–Trinajstić information content (AvgIpc) is 3.11. The van der Waals surface area contributed by atoms with Gasteiger partial charge in [0.2, 0.25) is 17.7 Å². The van der Waals surface area contributed by atoms with Crippen LogP contribution in [0.5, 0.6) is 0 Å². The van der Waals surface area contributed by atoms with Crippen molar-refractivity contribution in [2.75, 3.05) is 12.3 Å². The molecule has 3 unspecified atom stereocenters. The molecule has 1 heterocycles. The van der Waals surface area contributed by atoms with E-state index in [-0.39, 0.29) is 18.7 Å². The van der Waals surface area contributed by atoms with Crippen LogP contribution in [0.4, 0.5) is 0 Å². The first kappa shape index (κ1) is 21.4. The number of hydrogen-bond donors (Lipinski definition) is 7. The van der Waals surface area contributed by atoms with Gasteiger partial charge in [0.05, 0.1) is 18.9 Å². The van der Waals surface area contributed by atoms with E-state index in [0.717, 1.165) is 0 Å². The molecule has 0 fully saturated rings. The van der Waals surface area contributed by atoms with Gasteiger partial charge in [-0.15, -0.1) is 0 Å². The highest BCUT2D eigenvalue weighted by atomic mass is 32.1. The number of nitrogens with one attached hydrogen (secondary N) is 4. The third-order valence-electron chi connectivity index (χ3n) is 3.32. The fourth-order valence-corrected chi connectivity index (χ4v) is 1.99. The Morgan fingerprint density at radius 2 is 2.00 bits per heavy atom. The summed E-state index contributed by atoms with van der Waals surface area (Å²) in [7, 11) is 0. The standard InChI is InChI=1S/C14H22N6O5S/c1-7(14(24)25)19-13(23)10(2-8-3-16-6-18-8)20-11(21)4-17-12(22)9(15)5-26/h3,6-7,9-10,26H,2,4-5,15H2,1H3,(H,16,18)(H,17,22)(H,19,23)(H,20,21)(H,24,25). The van der Waals surface area contributed by atoms with Crippen LogP contribution >= 0.6 is 12.6 Å². The molecule has 0 bridgehead atoms. The van der Waals surface area contributed by atoms with E-state index in [2.05, 4.69) is 38.5 Å². The first-order valence-electron chi connectivity index (χ1n) is 7.68. The Labute approximate surface area is 154 Å². The SMILES string of the molecule is CC(NC(=O)C(Cc1cnc[nH]1)NC(=O)CNC(=O)C(N)CS)C(=O)O. The van der Waals surface area contributed by atoms with Gasteiger partial charge < -0.3 is 31.8 Å². The maximum absolute atomic E-state index is 12.3. The van der Waals surface area contributed by atoms with Crippen LogP contribution in [0.2, 0.25) is 0 Å². The molecule has 0 spiro atoms. The molecule has 7 N–H and O–H groups in total. The van der Waals surface area contributed by atoms with Crippen molar-refractivity contribution in [2.45, 2.75) is 31.5 Å². The van der Waals surface area contributed by atoms with Crippen LogP contribution in [0.3, 0.4) is 0 Å². The molecule has 3 amide bonds. The van der Waals surface area contributed by atoms with E-state index in [9.17, 15) is 19.2 Å². The van der Waals surface area contributed by atoms with Crippen LogP contribution in [0.25, 0.3) is 0 Å². The summed E-state index contributed by atoms with van der Waals surface area (Å²) >= 11 is 3.88. The number of carbonyl (C=O) groups is 4. The number of carboxylic acid groups (broad SMARTS) is 1. The Bertz CT molecular complexity index is 638. The summed E-state index contributed by atoms with van der Waals surface area (Å²) in [5.41, 5.74) is 6.04. The van der Waals surface area contributed by atoms with E-state index in [4.69, 9.17) is 10.8 Å². The maximum atomic E-state index is 12.3. The summed E-state index contributed by atoms with van der Waals surface area (Å²) < 4.78 is 0. The molecule has 0 saturated carbocycles. The van der Waals surface area contributed by atoms with Gasteiger partial charge in [0.1, 0.15) is 12.1 Å². The molecule has 1 rings (SSSR count). The van der Waals surface area contributed by atoms with Gasteiger partial charge in [-0.2, -0.15) is 12.6 Å². The van der Waals surface area contributed by atoms with Gasteiger partial charge >= 0.3 is 5.97 Å². The highest BCUT2D eigenvalue weighted by molar-refractivity contribution is 7.80. The minimum absolute atomic E-state index is 0.0635. The topological polar surface area (TPSA) is 179 Å². The van der Waals surface area contributed by atoms with E-state index in [1.807, 2.05) is 0 Å². The summed E-state index contributed by atoms with van der Waals surface area (Å²) in [6.07, 6.45) is 2.94. The smallest absolute Gasteiger partial charge is 0.325 e. The van der Waals surface area contributed by atoms with Gasteiger partial charge in [0, 0.05) is 24.1 Å². The van der Waals surface area contributed by atoms with Crippen molar-refractivity contribution < 1.29 is 24.3 Å². The highest BCUT2D eigenvalue weighted by Gasteiger charge is 2.25. The molecule has 0 aliphatic carbocycles. The van der Waals surface area contributed by atoms with Crippen molar-refractivity contribution >= 4 is 36.3 Å². The van der Waals surface area contributed by atoms with Crippen LogP contribution < -0.4 is 21.7 Å². The molecule has 0 aliphatic heterocycles. The van der Waals surface area contributed by atoms with Gasteiger partial charge in [-0.05, 0) is 6.92 Å². The number of nitrogens with two attached hydrogens (primary N) is 1. The van der Waals surface area contributed by atoms with Crippen LogP contribution in [0, 0.1) is 0 Å². The van der Waals surface area contributed by atoms with E-state index in [1.54, 1.807) is 0 Å². The largest absolute Gasteiger partial charge is 0.480 e. The molecule has 1 aromatic heterocycles. The van der Waals surface area contributed by atoms with Crippen molar-refractivity contribution in [3.63, 3.8) is 0 Å². The number of rotatable bonds is 10. The molecule has 0 saturated heterocycles. The number of aromatic amines is 1. The Kier molecular flexibility index (Phi) is 8.58. The van der Waals surface area contributed by atoms with E-state index in [1.165, 1.54) is 19.4 Å². The number of carbonyl (C=O) groups excluding carboxylic acids is 3. The molecule has 0 aliphatic rings. The quantitative estimate of drug-likeness (QED) is 0.215. The summed E-state index contributed by atoms with van der Waals surface area (Å²) in [4.78, 5) is 53.3. The summed E-state index contributed by atoms with van der Waals surface area (Å²) in [5, 5.41) is 15.9. The lowest BCUT2D eigenvalue weighted by atomic mass is 10.1. The van der Waals surface area contributed by atoms with Gasteiger partial charge in [0.15, 0.2) is 0 Å². The third-order valence-corrected chi connectivity index (χ3v) is 3.71. The van der Waals surface area contributed by atoms with Crippen molar-refractivity contribution in [1.82, 2.24) is 25.9 Å². The van der Waals surface area contributed by atoms with E-state index in [0.29, 0.717) is 5.69 Å². The highest BCUT2D eigenvalue weighted by Crippen LogP contribution is 2.00. The van der Waals surface area contributed by atoms with Crippen LogP contribution in [0.1, 0.15) is 12.6 Å². The van der Waals surface area contributed by atoms with Gasteiger partial charge in [-0.3, -0.25) is 19.2 Å². The molecule has 11 nitrogen and oxygen atoms in total. The van der Waals surface area contributed by atoms with Crippen molar-refractivity contribution in [1.29, 1.82) is 0 Å². The number of imidazole rings is 1. The molecular weight excluding hydrogens is 364 g/mol. The fraction of sp³-hybridized carbons (Fsp3) is 0.500. The lowest BCUT2D eigenvalue weighted by Gasteiger charge is -2.20. The number of nitrogens with zero attached hydrogens (tertiary/aromatic N) is 1. The predicted octanol–water partition coefficient (Wildman–Crippen LogP) is -2.60. The zero-order valence-corrected chi connectivity index (χ0v) is 15.0. The zero-order valence-electron chi connectivity index (χ0n) is 14.1. The molecule has 12 heteroatoms. The minimum atomic E-state index is -1.21. The Morgan fingerprint density at radius 3 is 2.54 bits per heavy atom. The molecule has 26 heavy (non-hydrogen) atoms. The Balaban J connectivity index is 2.69. The number of aliphatic carboxylic acids is 1. The van der Waals surface area contributed by atoms with Gasteiger partial charge in [0.25, 0.3) is 0 Å². The Morgan fingerprint density at radius 1 is 1.31 bits per heavy atom. The monoisotopic (exact) mass is 386 g/mol. The first-order valence-corrected chi connectivity index (χ1v) is 8.31. The average molecular weight is 386 g/mol. The van der Waals surface area contributed by atoms with Crippen LogP contribution in [-0.2, 0) is 25.6 Å². The summed E-state index contributed by atoms with van der Waals surface area (Å²) in [6, 6.07) is -3.04.